The average Bonchev–Trinajstić information content (AvgIpc) is 3.23. The molecule has 3 aliphatic heterocycles. The highest BCUT2D eigenvalue weighted by Gasteiger charge is 2.49. The molecule has 33 heavy (non-hydrogen) atoms. The van der Waals surface area contributed by atoms with Crippen LogP contribution in [0.2, 0.25) is 0 Å². The Morgan fingerprint density at radius 2 is 2.06 bits per heavy atom. The van der Waals surface area contributed by atoms with Crippen molar-refractivity contribution < 1.29 is 14.3 Å². The normalized spacial score (nSPS) is 19.5. The average molecular weight is 457 g/mol. The molecule has 4 heterocycles. The minimum absolute atomic E-state index is 0.0000475. The lowest BCUT2D eigenvalue weighted by molar-refractivity contribution is -0.136. The Labute approximate surface area is 196 Å². The summed E-state index contributed by atoms with van der Waals surface area (Å²) in [7, 11) is 1.66. The summed E-state index contributed by atoms with van der Waals surface area (Å²) < 4.78 is 5.98. The molecule has 1 unspecified atom stereocenters. The van der Waals surface area contributed by atoms with Crippen LogP contribution in [0, 0.1) is 11.3 Å². The zero-order valence-corrected chi connectivity index (χ0v) is 20.0. The highest BCUT2D eigenvalue weighted by atomic mass is 16.5. The molecule has 1 aromatic heterocycles. The quantitative estimate of drug-likeness (QED) is 0.577. The number of likely N-dealkylation sites (tertiary alicyclic amines) is 1. The predicted molar refractivity (Wildman–Crippen MR) is 127 cm³/mol. The molecular formula is C24H36N6O3. The van der Waals surface area contributed by atoms with E-state index >= 15 is 0 Å². The van der Waals surface area contributed by atoms with E-state index in [0.717, 1.165) is 63.3 Å². The summed E-state index contributed by atoms with van der Waals surface area (Å²) in [5.41, 5.74) is 1.04. The van der Waals surface area contributed by atoms with E-state index in [1.54, 1.807) is 7.05 Å². The lowest BCUT2D eigenvalue weighted by atomic mass is 9.79. The molecule has 0 radical (unpaired) electrons. The summed E-state index contributed by atoms with van der Waals surface area (Å²) in [4.78, 5) is 37.8. The van der Waals surface area contributed by atoms with Crippen molar-refractivity contribution >= 4 is 23.6 Å². The van der Waals surface area contributed by atoms with Crippen LogP contribution in [-0.2, 0) is 16.0 Å². The van der Waals surface area contributed by atoms with Gasteiger partial charge in [0.05, 0.1) is 12.3 Å². The maximum atomic E-state index is 12.1. The van der Waals surface area contributed by atoms with Crippen LogP contribution in [0.1, 0.15) is 45.2 Å². The monoisotopic (exact) mass is 456 g/mol. The molecule has 1 atom stereocenters. The molecule has 9 heteroatoms. The van der Waals surface area contributed by atoms with E-state index in [1.165, 1.54) is 6.08 Å². The molecule has 4 rings (SSSR count). The summed E-state index contributed by atoms with van der Waals surface area (Å²) in [6.07, 6.45) is 5.41. The van der Waals surface area contributed by atoms with Crippen LogP contribution in [0.3, 0.4) is 0 Å². The van der Waals surface area contributed by atoms with Crippen LogP contribution in [0.25, 0.3) is 0 Å². The van der Waals surface area contributed by atoms with Gasteiger partial charge in [-0.2, -0.15) is 4.98 Å². The Kier molecular flexibility index (Phi) is 6.76. The van der Waals surface area contributed by atoms with E-state index in [2.05, 4.69) is 36.0 Å². The number of nitrogens with zero attached hydrogens (tertiary/aromatic N) is 4. The van der Waals surface area contributed by atoms with Crippen molar-refractivity contribution in [2.75, 3.05) is 50.1 Å². The zero-order valence-electron chi connectivity index (χ0n) is 20.0. The SMILES string of the molecule is C=CC(=O)N1CC2(CCN(c3nc4c(c(NC(CC(=O)NC)CC(C)C)n3)OCCC4)C2)C1. The molecule has 0 bridgehead atoms. The van der Waals surface area contributed by atoms with E-state index in [9.17, 15) is 9.59 Å². The van der Waals surface area contributed by atoms with Crippen molar-refractivity contribution in [3.63, 3.8) is 0 Å². The largest absolute Gasteiger partial charge is 0.488 e. The maximum absolute atomic E-state index is 12.1. The Morgan fingerprint density at radius 3 is 2.76 bits per heavy atom. The fourth-order valence-corrected chi connectivity index (χ4v) is 5.15. The van der Waals surface area contributed by atoms with Gasteiger partial charge in [-0.05, 0) is 37.7 Å². The standard InChI is InChI=1S/C24H36N6O3/c1-5-20(32)30-14-24(15-30)8-9-29(13-24)23-27-18-7-6-10-33-21(18)22(28-23)26-17(11-16(2)3)12-19(31)25-4/h5,16-17H,1,6-15H2,2-4H3,(H,25,31)(H,26,27,28). The number of rotatable bonds is 8. The van der Waals surface area contributed by atoms with Gasteiger partial charge in [0.25, 0.3) is 0 Å². The molecule has 2 saturated heterocycles. The molecule has 2 fully saturated rings. The van der Waals surface area contributed by atoms with Crippen molar-refractivity contribution in [2.24, 2.45) is 11.3 Å². The summed E-state index contributed by atoms with van der Waals surface area (Å²) in [6, 6.07) is -0.0441. The summed E-state index contributed by atoms with van der Waals surface area (Å²) in [5.74, 6) is 2.54. The molecule has 0 saturated carbocycles. The first kappa shape index (κ1) is 23.3. The highest BCUT2D eigenvalue weighted by Crippen LogP contribution is 2.42. The number of aryl methyl sites for hydroxylation is 1. The second kappa shape index (κ2) is 9.57. The maximum Gasteiger partial charge on any atom is 0.245 e. The highest BCUT2D eigenvalue weighted by molar-refractivity contribution is 5.87. The molecule has 9 nitrogen and oxygen atoms in total. The minimum Gasteiger partial charge on any atom is -0.488 e. The van der Waals surface area contributed by atoms with Crippen LogP contribution in [0.5, 0.6) is 5.75 Å². The molecule has 2 amide bonds. The Balaban J connectivity index is 1.54. The van der Waals surface area contributed by atoms with E-state index < -0.39 is 0 Å². The lowest BCUT2D eigenvalue weighted by Gasteiger charge is -2.47. The van der Waals surface area contributed by atoms with Gasteiger partial charge in [0.1, 0.15) is 0 Å². The number of fused-ring (bicyclic) bond motifs is 1. The smallest absolute Gasteiger partial charge is 0.245 e. The molecule has 0 aliphatic carbocycles. The zero-order chi connectivity index (χ0) is 23.6. The summed E-state index contributed by atoms with van der Waals surface area (Å²) in [5, 5.41) is 6.24. The van der Waals surface area contributed by atoms with Crippen molar-refractivity contribution in [1.82, 2.24) is 20.2 Å². The Morgan fingerprint density at radius 1 is 1.27 bits per heavy atom. The van der Waals surface area contributed by atoms with Gasteiger partial charge in [0.15, 0.2) is 11.6 Å². The number of hydrogen-bond acceptors (Lipinski definition) is 7. The van der Waals surface area contributed by atoms with Gasteiger partial charge in [-0.1, -0.05) is 20.4 Å². The second-order valence-corrected chi connectivity index (χ2v) is 10.0. The summed E-state index contributed by atoms with van der Waals surface area (Å²) in [6.45, 7) is 11.8. The number of ether oxygens (including phenoxy) is 1. The first-order chi connectivity index (χ1) is 15.8. The van der Waals surface area contributed by atoms with Gasteiger partial charge in [-0.15, -0.1) is 0 Å². The van der Waals surface area contributed by atoms with Crippen LogP contribution in [-0.4, -0.2) is 72.6 Å². The number of carbonyl (C=O) groups excluding carboxylic acids is 2. The van der Waals surface area contributed by atoms with E-state index in [-0.39, 0.29) is 23.3 Å². The van der Waals surface area contributed by atoms with Gasteiger partial charge in [0.2, 0.25) is 17.8 Å². The fraction of sp³-hybridized carbons (Fsp3) is 0.667. The van der Waals surface area contributed by atoms with Crippen LogP contribution in [0.15, 0.2) is 12.7 Å². The van der Waals surface area contributed by atoms with Crippen molar-refractivity contribution in [3.8, 4) is 5.75 Å². The fourth-order valence-electron chi connectivity index (χ4n) is 5.15. The molecule has 2 N–H and O–H groups in total. The van der Waals surface area contributed by atoms with Crippen LogP contribution in [0.4, 0.5) is 11.8 Å². The number of nitrogens with one attached hydrogen (secondary N) is 2. The molecular weight excluding hydrogens is 420 g/mol. The van der Waals surface area contributed by atoms with E-state index in [0.29, 0.717) is 30.7 Å². The van der Waals surface area contributed by atoms with Crippen LogP contribution < -0.4 is 20.3 Å². The van der Waals surface area contributed by atoms with E-state index in [1.807, 2.05) is 4.90 Å². The van der Waals surface area contributed by atoms with Crippen molar-refractivity contribution in [1.29, 1.82) is 0 Å². The van der Waals surface area contributed by atoms with Crippen molar-refractivity contribution in [3.05, 3.63) is 18.3 Å². The van der Waals surface area contributed by atoms with Gasteiger partial charge < -0.3 is 25.2 Å². The third kappa shape index (κ3) is 5.07. The number of aromatic nitrogens is 2. The Hall–Kier alpha value is -2.84. The molecule has 180 valence electrons. The van der Waals surface area contributed by atoms with Gasteiger partial charge in [-0.25, -0.2) is 4.98 Å². The molecule has 1 spiro atoms. The molecule has 0 aromatic carbocycles. The third-order valence-electron chi connectivity index (χ3n) is 6.80. The molecule has 3 aliphatic rings. The minimum atomic E-state index is -0.0441. The summed E-state index contributed by atoms with van der Waals surface area (Å²) >= 11 is 0. The lowest BCUT2D eigenvalue weighted by Crippen LogP contribution is -2.59. The number of carbonyl (C=O) groups is 2. The topological polar surface area (TPSA) is 99.7 Å². The predicted octanol–water partition coefficient (Wildman–Crippen LogP) is 1.99. The molecule has 1 aromatic rings. The van der Waals surface area contributed by atoms with Crippen LogP contribution >= 0.6 is 0 Å². The first-order valence-corrected chi connectivity index (χ1v) is 12.0. The number of hydrogen-bond donors (Lipinski definition) is 2. The first-order valence-electron chi connectivity index (χ1n) is 12.0. The van der Waals surface area contributed by atoms with Gasteiger partial charge in [-0.3, -0.25) is 9.59 Å². The van der Waals surface area contributed by atoms with Gasteiger partial charge in [0, 0.05) is 51.1 Å². The second-order valence-electron chi connectivity index (χ2n) is 10.0. The van der Waals surface area contributed by atoms with E-state index in [4.69, 9.17) is 14.7 Å². The third-order valence-corrected chi connectivity index (χ3v) is 6.80. The van der Waals surface area contributed by atoms with Gasteiger partial charge >= 0.3 is 0 Å². The number of anilines is 2. The number of amides is 2. The van der Waals surface area contributed by atoms with Crippen molar-refractivity contribution in [2.45, 2.75) is 52.0 Å². The Bertz CT molecular complexity index is 912.